The highest BCUT2D eigenvalue weighted by Crippen LogP contribution is 2.28. The molecule has 0 aromatic heterocycles. The summed E-state index contributed by atoms with van der Waals surface area (Å²) in [4.78, 5) is 10.9. The van der Waals surface area contributed by atoms with Gasteiger partial charge in [-0.05, 0) is 39.7 Å². The zero-order valence-electron chi connectivity index (χ0n) is 10.2. The fourth-order valence-corrected chi connectivity index (χ4v) is 2.40. The van der Waals surface area contributed by atoms with Gasteiger partial charge in [0, 0.05) is 11.6 Å². The van der Waals surface area contributed by atoms with Crippen molar-refractivity contribution in [1.82, 2.24) is 0 Å². The zero-order valence-corrected chi connectivity index (χ0v) is 12.5. The Morgan fingerprint density at radius 1 is 1.30 bits per heavy atom. The molecule has 104 valence electrons. The Morgan fingerprint density at radius 2 is 2.00 bits per heavy atom. The van der Waals surface area contributed by atoms with E-state index in [0.29, 0.717) is 11.6 Å². The highest BCUT2D eigenvalue weighted by molar-refractivity contribution is 9.10. The first-order chi connectivity index (χ1) is 9.50. The monoisotopic (exact) mass is 357 g/mol. The molecular weight excluding hydrogens is 349 g/mol. The molecule has 0 unspecified atom stereocenters. The Balaban J connectivity index is 2.21. The number of nitrogens with one attached hydrogen (secondary N) is 1. The van der Waals surface area contributed by atoms with Crippen molar-refractivity contribution in [1.29, 1.82) is 0 Å². The lowest BCUT2D eigenvalue weighted by Gasteiger charge is -2.11. The van der Waals surface area contributed by atoms with Gasteiger partial charge in [0.1, 0.15) is 0 Å². The molecule has 0 spiro atoms. The molecule has 0 heterocycles. The van der Waals surface area contributed by atoms with Crippen molar-refractivity contribution in [3.05, 3.63) is 62.8 Å². The van der Waals surface area contributed by atoms with Crippen LogP contribution in [-0.4, -0.2) is 11.1 Å². The number of carboxylic acids is 1. The molecule has 2 aromatic carbocycles. The summed E-state index contributed by atoms with van der Waals surface area (Å²) in [6.07, 6.45) is 0. The van der Waals surface area contributed by atoms with E-state index in [-0.39, 0.29) is 15.7 Å². The molecule has 0 aliphatic heterocycles. The third-order valence-electron chi connectivity index (χ3n) is 2.74. The second-order valence-corrected chi connectivity index (χ2v) is 5.24. The molecule has 0 atom stereocenters. The second-order valence-electron chi connectivity index (χ2n) is 4.04. The Labute approximate surface area is 128 Å². The number of halogens is 3. The molecule has 0 bridgehead atoms. The summed E-state index contributed by atoms with van der Waals surface area (Å²) < 4.78 is 13.9. The predicted molar refractivity (Wildman–Crippen MR) is 79.8 cm³/mol. The third kappa shape index (κ3) is 3.11. The maximum Gasteiger partial charge on any atom is 0.336 e. The van der Waals surface area contributed by atoms with E-state index in [2.05, 4.69) is 21.2 Å². The van der Waals surface area contributed by atoms with Crippen molar-refractivity contribution in [2.24, 2.45) is 0 Å². The average molecular weight is 359 g/mol. The Kier molecular flexibility index (Phi) is 4.62. The van der Waals surface area contributed by atoms with Crippen LogP contribution in [0.5, 0.6) is 0 Å². The molecule has 0 aliphatic carbocycles. The number of benzene rings is 2. The van der Waals surface area contributed by atoms with Crippen LogP contribution in [-0.2, 0) is 6.54 Å². The van der Waals surface area contributed by atoms with E-state index in [1.807, 2.05) is 18.2 Å². The molecule has 2 aromatic rings. The van der Waals surface area contributed by atoms with Crippen LogP contribution in [0.2, 0.25) is 5.02 Å². The Bertz CT molecular complexity index is 664. The van der Waals surface area contributed by atoms with Gasteiger partial charge in [-0.15, -0.1) is 0 Å². The van der Waals surface area contributed by atoms with Gasteiger partial charge in [-0.3, -0.25) is 0 Å². The first kappa shape index (κ1) is 14.8. The fraction of sp³-hybridized carbons (Fsp3) is 0.0714. The number of rotatable bonds is 4. The lowest BCUT2D eigenvalue weighted by atomic mass is 10.2. The SMILES string of the molecule is O=C(O)c1ccc(NCc2ccccc2Cl)c(F)c1Br. The van der Waals surface area contributed by atoms with Crippen LogP contribution in [0.1, 0.15) is 15.9 Å². The van der Waals surface area contributed by atoms with Crippen LogP contribution < -0.4 is 5.32 Å². The minimum absolute atomic E-state index is 0.0749. The molecule has 0 radical (unpaired) electrons. The third-order valence-corrected chi connectivity index (χ3v) is 3.88. The van der Waals surface area contributed by atoms with Crippen LogP contribution in [0.4, 0.5) is 10.1 Å². The molecular formula is C14H10BrClFNO2. The van der Waals surface area contributed by atoms with Crippen molar-refractivity contribution in [2.45, 2.75) is 6.54 Å². The summed E-state index contributed by atoms with van der Waals surface area (Å²) >= 11 is 8.96. The Hall–Kier alpha value is -1.59. The number of aromatic carboxylic acids is 1. The maximum atomic E-state index is 14.0. The molecule has 20 heavy (non-hydrogen) atoms. The van der Waals surface area contributed by atoms with Gasteiger partial charge in [0.15, 0.2) is 5.82 Å². The summed E-state index contributed by atoms with van der Waals surface area (Å²) in [6, 6.07) is 9.95. The van der Waals surface area contributed by atoms with Crippen molar-refractivity contribution >= 4 is 39.2 Å². The normalized spacial score (nSPS) is 10.3. The summed E-state index contributed by atoms with van der Waals surface area (Å²) in [5, 5.41) is 12.4. The highest BCUT2D eigenvalue weighted by Gasteiger charge is 2.15. The highest BCUT2D eigenvalue weighted by atomic mass is 79.9. The molecule has 3 nitrogen and oxygen atoms in total. The maximum absolute atomic E-state index is 14.0. The number of hydrogen-bond acceptors (Lipinski definition) is 2. The summed E-state index contributed by atoms with van der Waals surface area (Å²) in [5.41, 5.74) is 0.916. The average Bonchev–Trinajstić information content (AvgIpc) is 2.41. The summed E-state index contributed by atoms with van der Waals surface area (Å²) in [5.74, 6) is -1.83. The molecule has 0 aliphatic rings. The molecule has 0 saturated heterocycles. The quantitative estimate of drug-likeness (QED) is 0.843. The van der Waals surface area contributed by atoms with Gasteiger partial charge in [-0.25, -0.2) is 9.18 Å². The first-order valence-electron chi connectivity index (χ1n) is 5.69. The van der Waals surface area contributed by atoms with E-state index in [0.717, 1.165) is 5.56 Å². The minimum Gasteiger partial charge on any atom is -0.478 e. The van der Waals surface area contributed by atoms with Crippen molar-refractivity contribution in [3.63, 3.8) is 0 Å². The topological polar surface area (TPSA) is 49.3 Å². The largest absolute Gasteiger partial charge is 0.478 e. The number of carbonyl (C=O) groups is 1. The first-order valence-corrected chi connectivity index (χ1v) is 6.86. The van der Waals surface area contributed by atoms with Gasteiger partial charge >= 0.3 is 5.97 Å². The molecule has 0 amide bonds. The molecule has 0 saturated carbocycles. The van der Waals surface area contributed by atoms with Crippen LogP contribution in [0.3, 0.4) is 0 Å². The molecule has 2 rings (SSSR count). The van der Waals surface area contributed by atoms with Gasteiger partial charge in [-0.2, -0.15) is 0 Å². The van der Waals surface area contributed by atoms with E-state index >= 15 is 0 Å². The van der Waals surface area contributed by atoms with Crippen LogP contribution in [0, 0.1) is 5.82 Å². The van der Waals surface area contributed by atoms with E-state index < -0.39 is 11.8 Å². The van der Waals surface area contributed by atoms with Crippen molar-refractivity contribution < 1.29 is 14.3 Å². The smallest absolute Gasteiger partial charge is 0.336 e. The lowest BCUT2D eigenvalue weighted by molar-refractivity contribution is 0.0695. The molecule has 6 heteroatoms. The standard InChI is InChI=1S/C14H10BrClFNO2/c15-12-9(14(19)20)5-6-11(13(12)17)18-7-8-3-1-2-4-10(8)16/h1-6,18H,7H2,(H,19,20). The summed E-state index contributed by atoms with van der Waals surface area (Å²) in [6.45, 7) is 0.343. The van der Waals surface area contributed by atoms with E-state index in [9.17, 15) is 9.18 Å². The van der Waals surface area contributed by atoms with Gasteiger partial charge in [-0.1, -0.05) is 29.8 Å². The lowest BCUT2D eigenvalue weighted by Crippen LogP contribution is -2.05. The molecule has 2 N–H and O–H groups in total. The van der Waals surface area contributed by atoms with Gasteiger partial charge in [0.25, 0.3) is 0 Å². The Morgan fingerprint density at radius 3 is 2.65 bits per heavy atom. The van der Waals surface area contributed by atoms with Gasteiger partial charge in [0.05, 0.1) is 15.7 Å². The minimum atomic E-state index is -1.19. The van der Waals surface area contributed by atoms with Crippen molar-refractivity contribution in [3.8, 4) is 0 Å². The number of hydrogen-bond donors (Lipinski definition) is 2. The number of anilines is 1. The second kappa shape index (κ2) is 6.24. The predicted octanol–water partition coefficient (Wildman–Crippen LogP) is 4.55. The van der Waals surface area contributed by atoms with Gasteiger partial charge < -0.3 is 10.4 Å². The zero-order chi connectivity index (χ0) is 14.7. The number of carboxylic acid groups (broad SMARTS) is 1. The van der Waals surface area contributed by atoms with Crippen LogP contribution >= 0.6 is 27.5 Å². The van der Waals surface area contributed by atoms with Crippen LogP contribution in [0.25, 0.3) is 0 Å². The van der Waals surface area contributed by atoms with E-state index in [1.54, 1.807) is 6.07 Å². The van der Waals surface area contributed by atoms with Crippen molar-refractivity contribution in [2.75, 3.05) is 5.32 Å². The van der Waals surface area contributed by atoms with Gasteiger partial charge in [0.2, 0.25) is 0 Å². The fourth-order valence-electron chi connectivity index (χ4n) is 1.68. The van der Waals surface area contributed by atoms with Crippen LogP contribution in [0.15, 0.2) is 40.9 Å². The van der Waals surface area contributed by atoms with E-state index in [4.69, 9.17) is 16.7 Å². The summed E-state index contributed by atoms with van der Waals surface area (Å²) in [7, 11) is 0. The molecule has 0 fully saturated rings. The van der Waals surface area contributed by atoms with E-state index in [1.165, 1.54) is 12.1 Å².